The second-order valence-electron chi connectivity index (χ2n) is 6.26. The van der Waals surface area contributed by atoms with Gasteiger partial charge in [-0.3, -0.25) is 19.6 Å². The molecule has 0 bridgehead atoms. The van der Waals surface area contributed by atoms with Crippen LogP contribution in [0.15, 0.2) is 78.0 Å². The number of para-hydroxylation sites is 1. The fourth-order valence-electron chi connectivity index (χ4n) is 2.90. The summed E-state index contributed by atoms with van der Waals surface area (Å²) < 4.78 is 28.3. The molecule has 2 heterocycles. The topological polar surface area (TPSA) is 117 Å². The minimum absolute atomic E-state index is 0.0208. The Bertz CT molecular complexity index is 1260. The van der Waals surface area contributed by atoms with E-state index in [0.29, 0.717) is 17.4 Å². The predicted molar refractivity (Wildman–Crippen MR) is 109 cm³/mol. The van der Waals surface area contributed by atoms with Crippen LogP contribution in [0.1, 0.15) is 16.1 Å². The molecule has 0 aliphatic rings. The third-order valence-corrected chi connectivity index (χ3v) is 5.69. The van der Waals surface area contributed by atoms with Crippen molar-refractivity contribution >= 4 is 32.5 Å². The molecule has 0 aliphatic carbocycles. The highest BCUT2D eigenvalue weighted by Gasteiger charge is 2.22. The number of rotatable bonds is 6. The van der Waals surface area contributed by atoms with Crippen molar-refractivity contribution in [2.45, 2.75) is 11.4 Å². The molecule has 146 valence electrons. The van der Waals surface area contributed by atoms with Crippen LogP contribution in [0.25, 0.3) is 10.9 Å². The Morgan fingerprint density at radius 2 is 1.79 bits per heavy atom. The van der Waals surface area contributed by atoms with E-state index in [1.54, 1.807) is 24.3 Å². The van der Waals surface area contributed by atoms with Crippen LogP contribution in [0, 0.1) is 0 Å². The van der Waals surface area contributed by atoms with Crippen LogP contribution >= 0.6 is 0 Å². The van der Waals surface area contributed by atoms with Gasteiger partial charge in [0.1, 0.15) is 10.6 Å². The number of H-pyrrole nitrogens is 1. The number of aromatic nitrogens is 3. The predicted octanol–water partition coefficient (Wildman–Crippen LogP) is 2.69. The van der Waals surface area contributed by atoms with Gasteiger partial charge in [0.15, 0.2) is 0 Å². The largest absolute Gasteiger partial charge is 0.347 e. The molecule has 0 atom stereocenters. The number of anilines is 1. The zero-order valence-corrected chi connectivity index (χ0v) is 16.0. The number of carbonyl (C=O) groups is 1. The van der Waals surface area contributed by atoms with Gasteiger partial charge in [-0.1, -0.05) is 48.5 Å². The summed E-state index contributed by atoms with van der Waals surface area (Å²) in [6.45, 7) is 0.304. The quantitative estimate of drug-likeness (QED) is 0.454. The number of amides is 1. The maximum Gasteiger partial charge on any atom is 0.271 e. The average molecular weight is 407 g/mol. The lowest BCUT2D eigenvalue weighted by Crippen LogP contribution is -2.25. The van der Waals surface area contributed by atoms with Crippen LogP contribution in [-0.2, 0) is 16.6 Å². The number of nitrogens with one attached hydrogen (secondary N) is 3. The van der Waals surface area contributed by atoms with Gasteiger partial charge in [0.25, 0.3) is 15.9 Å². The van der Waals surface area contributed by atoms with Gasteiger partial charge in [-0.25, -0.2) is 8.42 Å². The van der Waals surface area contributed by atoms with Crippen LogP contribution in [0.2, 0.25) is 0 Å². The Morgan fingerprint density at radius 3 is 2.62 bits per heavy atom. The van der Waals surface area contributed by atoms with Gasteiger partial charge in [-0.2, -0.15) is 5.10 Å². The van der Waals surface area contributed by atoms with Gasteiger partial charge in [0.2, 0.25) is 0 Å². The minimum atomic E-state index is -3.99. The van der Waals surface area contributed by atoms with Crippen molar-refractivity contribution in [2.75, 3.05) is 4.72 Å². The summed E-state index contributed by atoms with van der Waals surface area (Å²) in [5.41, 5.74) is 1.35. The van der Waals surface area contributed by atoms with Crippen LogP contribution in [-0.4, -0.2) is 29.5 Å². The van der Waals surface area contributed by atoms with Gasteiger partial charge < -0.3 is 5.32 Å². The SMILES string of the molecule is O=C(NCc1ccccc1)c1[nH]ncc1NS(=O)(=O)c1cccc2cccnc12. The highest BCUT2D eigenvalue weighted by atomic mass is 32.2. The Kier molecular flexibility index (Phi) is 4.96. The highest BCUT2D eigenvalue weighted by molar-refractivity contribution is 7.93. The van der Waals surface area contributed by atoms with Crippen molar-refractivity contribution in [1.82, 2.24) is 20.5 Å². The Morgan fingerprint density at radius 1 is 1.00 bits per heavy atom. The second-order valence-corrected chi connectivity index (χ2v) is 7.91. The van der Waals surface area contributed by atoms with E-state index in [2.05, 4.69) is 25.2 Å². The van der Waals surface area contributed by atoms with Gasteiger partial charge in [0.05, 0.1) is 17.4 Å². The number of benzene rings is 2. The Hall–Kier alpha value is -3.72. The van der Waals surface area contributed by atoms with E-state index in [1.165, 1.54) is 18.5 Å². The van der Waals surface area contributed by atoms with E-state index >= 15 is 0 Å². The first kappa shape index (κ1) is 18.6. The van der Waals surface area contributed by atoms with Crippen molar-refractivity contribution in [2.24, 2.45) is 0 Å². The van der Waals surface area contributed by atoms with Crippen LogP contribution < -0.4 is 10.0 Å². The highest BCUT2D eigenvalue weighted by Crippen LogP contribution is 2.24. The zero-order valence-electron chi connectivity index (χ0n) is 15.2. The molecule has 4 rings (SSSR count). The molecule has 29 heavy (non-hydrogen) atoms. The standard InChI is InChI=1S/C20H17N5O3S/c26-20(22-12-14-6-2-1-3-7-14)19-16(13-23-24-19)25-29(27,28)17-10-4-8-15-9-5-11-21-18(15)17/h1-11,13,25H,12H2,(H,22,26)(H,23,24). The first-order chi connectivity index (χ1) is 14.0. The van der Waals surface area contributed by atoms with E-state index in [9.17, 15) is 13.2 Å². The van der Waals surface area contributed by atoms with E-state index < -0.39 is 15.9 Å². The van der Waals surface area contributed by atoms with Crippen LogP contribution in [0.3, 0.4) is 0 Å². The van der Waals surface area contributed by atoms with Crippen molar-refractivity contribution < 1.29 is 13.2 Å². The molecule has 0 aliphatic heterocycles. The number of nitrogens with zero attached hydrogens (tertiary/aromatic N) is 2. The molecule has 2 aromatic heterocycles. The molecular formula is C20H17N5O3S. The summed E-state index contributed by atoms with van der Waals surface area (Å²) in [5.74, 6) is -0.472. The molecule has 2 aromatic carbocycles. The van der Waals surface area contributed by atoms with E-state index in [1.807, 2.05) is 30.3 Å². The number of hydrogen-bond acceptors (Lipinski definition) is 5. The number of carbonyl (C=O) groups excluding carboxylic acids is 1. The van der Waals surface area contributed by atoms with Gasteiger partial charge >= 0.3 is 0 Å². The van der Waals surface area contributed by atoms with E-state index in [4.69, 9.17) is 0 Å². The molecule has 0 spiro atoms. The fraction of sp³-hybridized carbons (Fsp3) is 0.0500. The summed E-state index contributed by atoms with van der Waals surface area (Å²) >= 11 is 0. The molecule has 8 nitrogen and oxygen atoms in total. The average Bonchev–Trinajstić information content (AvgIpc) is 3.20. The monoisotopic (exact) mass is 407 g/mol. The molecule has 0 fully saturated rings. The third kappa shape index (κ3) is 3.94. The van der Waals surface area contributed by atoms with Crippen molar-refractivity contribution in [3.63, 3.8) is 0 Å². The van der Waals surface area contributed by atoms with Gasteiger partial charge in [0, 0.05) is 18.1 Å². The van der Waals surface area contributed by atoms with Crippen LogP contribution in [0.5, 0.6) is 0 Å². The molecule has 4 aromatic rings. The maximum absolute atomic E-state index is 12.9. The van der Waals surface area contributed by atoms with Crippen LogP contribution in [0.4, 0.5) is 5.69 Å². The third-order valence-electron chi connectivity index (χ3n) is 4.29. The van der Waals surface area contributed by atoms with E-state index in [0.717, 1.165) is 5.56 Å². The first-order valence-electron chi connectivity index (χ1n) is 8.77. The summed E-state index contributed by atoms with van der Waals surface area (Å²) in [5, 5.41) is 9.80. The van der Waals surface area contributed by atoms with Crippen molar-refractivity contribution in [3.8, 4) is 0 Å². The van der Waals surface area contributed by atoms with Gasteiger partial charge in [-0.15, -0.1) is 0 Å². The lowest BCUT2D eigenvalue weighted by atomic mass is 10.2. The molecule has 0 saturated heterocycles. The molecule has 0 radical (unpaired) electrons. The van der Waals surface area contributed by atoms with Crippen molar-refractivity contribution in [1.29, 1.82) is 0 Å². The molecule has 0 saturated carbocycles. The number of aromatic amines is 1. The summed E-state index contributed by atoms with van der Waals surface area (Å²) in [6, 6.07) is 17.8. The smallest absolute Gasteiger partial charge is 0.271 e. The molecular weight excluding hydrogens is 390 g/mol. The lowest BCUT2D eigenvalue weighted by molar-refractivity contribution is 0.0947. The number of hydrogen-bond donors (Lipinski definition) is 3. The first-order valence-corrected chi connectivity index (χ1v) is 10.2. The normalized spacial score (nSPS) is 11.3. The minimum Gasteiger partial charge on any atom is -0.347 e. The summed E-state index contributed by atoms with van der Waals surface area (Å²) in [4.78, 5) is 16.7. The van der Waals surface area contributed by atoms with Crippen molar-refractivity contribution in [3.05, 3.63) is 84.3 Å². The summed E-state index contributed by atoms with van der Waals surface area (Å²) in [7, 11) is -3.99. The van der Waals surface area contributed by atoms with Gasteiger partial charge in [-0.05, 0) is 17.7 Å². The zero-order chi connectivity index (χ0) is 20.3. The molecule has 9 heteroatoms. The van der Waals surface area contributed by atoms with E-state index in [-0.39, 0.29) is 16.3 Å². The number of fused-ring (bicyclic) bond motifs is 1. The number of sulfonamides is 1. The molecule has 3 N–H and O–H groups in total. The molecule has 0 unspecified atom stereocenters. The molecule has 1 amide bonds. The fourth-order valence-corrected chi connectivity index (χ4v) is 4.13. The summed E-state index contributed by atoms with van der Waals surface area (Å²) in [6.07, 6.45) is 2.79. The second kappa shape index (κ2) is 7.72. The Labute approximate surface area is 167 Å². The maximum atomic E-state index is 12.9. The Balaban J connectivity index is 1.57. The lowest BCUT2D eigenvalue weighted by Gasteiger charge is -2.10. The number of pyridine rings is 1.